The molecule has 0 atom stereocenters. The van der Waals surface area contributed by atoms with Gasteiger partial charge in [0.15, 0.2) is 0 Å². The van der Waals surface area contributed by atoms with Gasteiger partial charge in [-0.05, 0) is 6.07 Å². The molecule has 2 nitrogen and oxygen atoms in total. The van der Waals surface area contributed by atoms with E-state index in [-0.39, 0.29) is 0 Å². The van der Waals surface area contributed by atoms with Gasteiger partial charge in [-0.1, -0.05) is 35.3 Å². The van der Waals surface area contributed by atoms with Gasteiger partial charge in [0, 0.05) is 11.6 Å². The minimum Gasteiger partial charge on any atom is -0.397 e. The predicted octanol–water partition coefficient (Wildman–Crippen LogP) is 3.12. The maximum Gasteiger partial charge on any atom is 0.0909 e. The molecule has 1 heterocycles. The third-order valence-electron chi connectivity index (χ3n) is 1.84. The van der Waals surface area contributed by atoms with Crippen LogP contribution < -0.4 is 5.73 Å². The van der Waals surface area contributed by atoms with Crippen molar-refractivity contribution in [1.29, 1.82) is 0 Å². The van der Waals surface area contributed by atoms with Gasteiger partial charge in [0.1, 0.15) is 0 Å². The average molecular weight is 213 g/mol. The number of para-hydroxylation sites is 1. The topological polar surface area (TPSA) is 38.9 Å². The van der Waals surface area contributed by atoms with Crippen molar-refractivity contribution in [3.05, 3.63) is 34.4 Å². The number of benzene rings is 1. The molecule has 4 heteroatoms. The Bertz CT molecular complexity index is 468. The first kappa shape index (κ1) is 8.60. The first-order valence-electron chi connectivity index (χ1n) is 3.68. The quantitative estimate of drug-likeness (QED) is 0.730. The molecule has 0 aliphatic rings. The van der Waals surface area contributed by atoms with Crippen LogP contribution in [-0.2, 0) is 0 Å². The van der Waals surface area contributed by atoms with Crippen LogP contribution in [0.5, 0.6) is 0 Å². The molecule has 0 unspecified atom stereocenters. The van der Waals surface area contributed by atoms with E-state index in [1.807, 2.05) is 12.1 Å². The predicted molar refractivity (Wildman–Crippen MR) is 56.2 cm³/mol. The van der Waals surface area contributed by atoms with Gasteiger partial charge in [0.2, 0.25) is 0 Å². The van der Waals surface area contributed by atoms with Gasteiger partial charge in [-0.25, -0.2) is 0 Å². The highest BCUT2D eigenvalue weighted by Gasteiger charge is 2.05. The fraction of sp³-hybridized carbons (Fsp3) is 0. The summed E-state index contributed by atoms with van der Waals surface area (Å²) >= 11 is 11.7. The van der Waals surface area contributed by atoms with Gasteiger partial charge in [-0.15, -0.1) is 0 Å². The van der Waals surface area contributed by atoms with Gasteiger partial charge in [-0.2, -0.15) is 0 Å². The van der Waals surface area contributed by atoms with E-state index in [1.54, 1.807) is 6.07 Å². The van der Waals surface area contributed by atoms with Crippen LogP contribution in [0.2, 0.25) is 10.0 Å². The molecular formula is C9H6Cl2N2. The highest BCUT2D eigenvalue weighted by molar-refractivity contribution is 6.37. The number of anilines is 1. The third kappa shape index (κ3) is 1.32. The average Bonchev–Trinajstić information content (AvgIpc) is 2.12. The Morgan fingerprint density at radius 2 is 1.92 bits per heavy atom. The van der Waals surface area contributed by atoms with Gasteiger partial charge in [-0.3, -0.25) is 4.98 Å². The molecule has 2 aromatic rings. The van der Waals surface area contributed by atoms with Gasteiger partial charge >= 0.3 is 0 Å². The van der Waals surface area contributed by atoms with E-state index in [0.29, 0.717) is 21.2 Å². The Hall–Kier alpha value is -0.990. The van der Waals surface area contributed by atoms with E-state index in [1.165, 1.54) is 6.20 Å². The van der Waals surface area contributed by atoms with E-state index >= 15 is 0 Å². The molecule has 0 saturated carbocycles. The smallest absolute Gasteiger partial charge is 0.0909 e. The van der Waals surface area contributed by atoms with Crippen LogP contribution in [0.15, 0.2) is 24.4 Å². The number of nitrogen functional groups attached to an aromatic ring is 1. The summed E-state index contributed by atoms with van der Waals surface area (Å²) in [6, 6.07) is 5.43. The minimum atomic E-state index is 0.453. The van der Waals surface area contributed by atoms with Crippen LogP contribution in [0.1, 0.15) is 0 Å². The molecule has 1 aromatic carbocycles. The molecule has 2 N–H and O–H groups in total. The molecular weight excluding hydrogens is 207 g/mol. The second-order valence-electron chi connectivity index (χ2n) is 2.66. The molecule has 0 saturated heterocycles. The van der Waals surface area contributed by atoms with Crippen molar-refractivity contribution in [1.82, 2.24) is 4.98 Å². The van der Waals surface area contributed by atoms with E-state index in [2.05, 4.69) is 4.98 Å². The van der Waals surface area contributed by atoms with Crippen molar-refractivity contribution in [3.8, 4) is 0 Å². The maximum atomic E-state index is 5.92. The number of nitrogens with zero attached hydrogens (tertiary/aromatic N) is 1. The number of pyridine rings is 1. The molecule has 0 radical (unpaired) electrons. The van der Waals surface area contributed by atoms with Crippen LogP contribution in [-0.4, -0.2) is 4.98 Å². The lowest BCUT2D eigenvalue weighted by molar-refractivity contribution is 1.41. The summed E-state index contributed by atoms with van der Waals surface area (Å²) in [6.07, 6.45) is 1.51. The van der Waals surface area contributed by atoms with Crippen molar-refractivity contribution >= 4 is 39.8 Å². The summed E-state index contributed by atoms with van der Waals surface area (Å²) in [5, 5.41) is 1.83. The first-order valence-corrected chi connectivity index (χ1v) is 4.44. The van der Waals surface area contributed by atoms with Crippen molar-refractivity contribution in [2.75, 3.05) is 5.73 Å². The lowest BCUT2D eigenvalue weighted by Gasteiger charge is -2.03. The van der Waals surface area contributed by atoms with Crippen LogP contribution in [0.4, 0.5) is 5.69 Å². The van der Waals surface area contributed by atoms with Crippen molar-refractivity contribution < 1.29 is 0 Å². The van der Waals surface area contributed by atoms with Gasteiger partial charge in [0.25, 0.3) is 0 Å². The number of fused-ring (bicyclic) bond motifs is 1. The summed E-state index contributed by atoms with van der Waals surface area (Å²) in [5.41, 5.74) is 6.97. The molecule has 0 bridgehead atoms. The summed E-state index contributed by atoms with van der Waals surface area (Å²) in [4.78, 5) is 4.10. The number of halogens is 2. The summed E-state index contributed by atoms with van der Waals surface area (Å²) in [7, 11) is 0. The molecule has 1 aromatic heterocycles. The van der Waals surface area contributed by atoms with E-state index < -0.39 is 0 Å². The van der Waals surface area contributed by atoms with Crippen LogP contribution in [0, 0.1) is 0 Å². The van der Waals surface area contributed by atoms with E-state index in [0.717, 1.165) is 5.39 Å². The standard InChI is InChI=1S/C9H6Cl2N2/c10-6-3-1-2-5-8(12)7(11)4-13-9(5)6/h1-4H,(H2,12,13). The molecule has 0 amide bonds. The Kier molecular flexibility index (Phi) is 2.02. The van der Waals surface area contributed by atoms with Crippen LogP contribution in [0.25, 0.3) is 10.9 Å². The van der Waals surface area contributed by atoms with Crippen molar-refractivity contribution in [3.63, 3.8) is 0 Å². The number of hydrogen-bond donors (Lipinski definition) is 1. The number of nitrogens with two attached hydrogens (primary N) is 1. The molecule has 66 valence electrons. The highest BCUT2D eigenvalue weighted by Crippen LogP contribution is 2.29. The highest BCUT2D eigenvalue weighted by atomic mass is 35.5. The van der Waals surface area contributed by atoms with Crippen LogP contribution in [0.3, 0.4) is 0 Å². The Balaban J connectivity index is 2.94. The monoisotopic (exact) mass is 212 g/mol. The molecule has 0 aliphatic heterocycles. The second kappa shape index (κ2) is 3.05. The number of hydrogen-bond acceptors (Lipinski definition) is 2. The fourth-order valence-corrected chi connectivity index (χ4v) is 1.56. The fourth-order valence-electron chi connectivity index (χ4n) is 1.18. The van der Waals surface area contributed by atoms with Gasteiger partial charge in [0.05, 0.1) is 21.2 Å². The lowest BCUT2D eigenvalue weighted by Crippen LogP contribution is -1.90. The second-order valence-corrected chi connectivity index (χ2v) is 3.47. The number of aromatic nitrogens is 1. The SMILES string of the molecule is Nc1c(Cl)cnc2c(Cl)cccc12. The third-order valence-corrected chi connectivity index (χ3v) is 2.45. The summed E-state index contributed by atoms with van der Waals surface area (Å²) in [5.74, 6) is 0. The zero-order chi connectivity index (χ0) is 9.42. The molecule has 2 rings (SSSR count). The zero-order valence-electron chi connectivity index (χ0n) is 6.59. The Morgan fingerprint density at radius 1 is 1.15 bits per heavy atom. The largest absolute Gasteiger partial charge is 0.397 e. The van der Waals surface area contributed by atoms with Crippen molar-refractivity contribution in [2.45, 2.75) is 0 Å². The maximum absolute atomic E-state index is 5.92. The molecule has 0 aliphatic carbocycles. The molecule has 13 heavy (non-hydrogen) atoms. The zero-order valence-corrected chi connectivity index (χ0v) is 8.10. The summed E-state index contributed by atoms with van der Waals surface area (Å²) < 4.78 is 0. The summed E-state index contributed by atoms with van der Waals surface area (Å²) in [6.45, 7) is 0. The molecule has 0 spiro atoms. The van der Waals surface area contributed by atoms with Crippen molar-refractivity contribution in [2.24, 2.45) is 0 Å². The van der Waals surface area contributed by atoms with E-state index in [9.17, 15) is 0 Å². The van der Waals surface area contributed by atoms with Crippen LogP contribution >= 0.6 is 23.2 Å². The Labute approximate surface area is 85.3 Å². The van der Waals surface area contributed by atoms with E-state index in [4.69, 9.17) is 28.9 Å². The normalized spacial score (nSPS) is 10.6. The first-order chi connectivity index (χ1) is 6.20. The Morgan fingerprint density at radius 3 is 2.69 bits per heavy atom. The number of rotatable bonds is 0. The minimum absolute atomic E-state index is 0.453. The molecule has 0 fully saturated rings. The van der Waals surface area contributed by atoms with Gasteiger partial charge < -0.3 is 5.73 Å². The lowest BCUT2D eigenvalue weighted by atomic mass is 10.2.